The quantitative estimate of drug-likeness (QED) is 0.435. The highest BCUT2D eigenvalue weighted by Gasteiger charge is 2.22. The summed E-state index contributed by atoms with van der Waals surface area (Å²) in [5, 5.41) is 6.81. The summed E-state index contributed by atoms with van der Waals surface area (Å²) in [5.74, 6) is 1.54. The molecule has 1 unspecified atom stereocenters. The first kappa shape index (κ1) is 25.9. The molecule has 32 heavy (non-hydrogen) atoms. The maximum Gasteiger partial charge on any atom is 0.231 e. The Bertz CT molecular complexity index is 852. The summed E-state index contributed by atoms with van der Waals surface area (Å²) in [6.07, 6.45) is 5.42. The molecule has 2 aliphatic heterocycles. The number of amides is 1. The Labute approximate surface area is 195 Å². The summed E-state index contributed by atoms with van der Waals surface area (Å²) in [6, 6.07) is 4.54. The molecule has 0 bridgehead atoms. The number of hydrogen-bond acceptors (Lipinski definition) is 7. The Balaban J connectivity index is 0.000000390. The van der Waals surface area contributed by atoms with Crippen LogP contribution in [-0.2, 0) is 9.59 Å². The molecule has 0 aromatic heterocycles. The van der Waals surface area contributed by atoms with Crippen LogP contribution in [0.1, 0.15) is 58.9 Å². The van der Waals surface area contributed by atoms with Gasteiger partial charge in [-0.15, -0.1) is 0 Å². The highest BCUT2D eigenvalue weighted by Crippen LogP contribution is 2.39. The van der Waals surface area contributed by atoms with Crippen molar-refractivity contribution in [2.75, 3.05) is 13.3 Å². The zero-order chi connectivity index (χ0) is 23.5. The zero-order valence-electron chi connectivity index (χ0n) is 19.7. The summed E-state index contributed by atoms with van der Waals surface area (Å²) in [7, 11) is 0. The molecule has 1 atom stereocenters. The van der Waals surface area contributed by atoms with Crippen LogP contribution in [0.25, 0.3) is 0 Å². The number of carbonyl (C=O) groups excluding carboxylic acids is 2. The minimum atomic E-state index is 0.0649. The molecule has 2 aliphatic rings. The fourth-order valence-corrected chi connectivity index (χ4v) is 4.26. The van der Waals surface area contributed by atoms with E-state index in [0.717, 1.165) is 39.8 Å². The minimum absolute atomic E-state index is 0.0649. The van der Waals surface area contributed by atoms with Crippen LogP contribution in [-0.4, -0.2) is 37.1 Å². The van der Waals surface area contributed by atoms with E-state index in [9.17, 15) is 9.59 Å². The molecule has 1 aromatic carbocycles. The number of rotatable bonds is 8. The third kappa shape index (κ3) is 7.67. The lowest BCUT2D eigenvalue weighted by Gasteiger charge is -2.12. The molecule has 0 radical (unpaired) electrons. The van der Waals surface area contributed by atoms with Crippen molar-refractivity contribution < 1.29 is 19.1 Å². The number of nitrogens with one attached hydrogen (secondary N) is 2. The first-order valence-electron chi connectivity index (χ1n) is 11.2. The number of fused-ring (bicyclic) bond motifs is 1. The number of ether oxygens (including phenoxy) is 2. The van der Waals surface area contributed by atoms with Crippen molar-refractivity contribution in [3.63, 3.8) is 0 Å². The molecule has 1 amide bonds. The van der Waals surface area contributed by atoms with Gasteiger partial charge in [0.15, 0.2) is 17.8 Å². The highest BCUT2D eigenvalue weighted by atomic mass is 32.2. The molecular weight excluding hydrogens is 426 g/mol. The molecule has 0 aliphatic carbocycles. The molecule has 2 heterocycles. The number of hydrogen-bond donors (Lipinski definition) is 2. The van der Waals surface area contributed by atoms with E-state index in [1.54, 1.807) is 0 Å². The van der Waals surface area contributed by atoms with E-state index >= 15 is 0 Å². The predicted octanol–water partition coefficient (Wildman–Crippen LogP) is 4.59. The normalized spacial score (nSPS) is 17.3. The number of aldehydes is 1. The summed E-state index contributed by atoms with van der Waals surface area (Å²) in [4.78, 5) is 27.7. The Kier molecular flexibility index (Phi) is 10.8. The second-order valence-electron chi connectivity index (χ2n) is 8.16. The van der Waals surface area contributed by atoms with Gasteiger partial charge in [-0.3, -0.25) is 9.59 Å². The fourth-order valence-electron chi connectivity index (χ4n) is 3.26. The molecule has 176 valence electrons. The van der Waals surface area contributed by atoms with E-state index < -0.39 is 0 Å². The molecule has 2 N–H and O–H groups in total. The molecule has 0 saturated heterocycles. The summed E-state index contributed by atoms with van der Waals surface area (Å²) < 4.78 is 10.8. The van der Waals surface area contributed by atoms with Gasteiger partial charge >= 0.3 is 0 Å². The number of aliphatic imine (C=N–C) groups is 1. The van der Waals surface area contributed by atoms with Gasteiger partial charge in [0.05, 0.1) is 5.04 Å². The van der Waals surface area contributed by atoms with Crippen LogP contribution in [0.3, 0.4) is 0 Å². The largest absolute Gasteiger partial charge is 0.454 e. The van der Waals surface area contributed by atoms with Crippen LogP contribution in [0.5, 0.6) is 11.5 Å². The lowest BCUT2D eigenvalue weighted by Crippen LogP contribution is -2.23. The van der Waals surface area contributed by atoms with E-state index in [2.05, 4.69) is 36.4 Å². The third-order valence-corrected chi connectivity index (χ3v) is 6.30. The molecule has 8 heteroatoms. The third-order valence-electron chi connectivity index (χ3n) is 5.11. The van der Waals surface area contributed by atoms with Crippen LogP contribution in [0.4, 0.5) is 0 Å². The second-order valence-corrected chi connectivity index (χ2v) is 9.27. The average molecular weight is 462 g/mol. The number of benzene rings is 1. The van der Waals surface area contributed by atoms with Crippen molar-refractivity contribution in [3.05, 3.63) is 29.1 Å². The van der Waals surface area contributed by atoms with Crippen molar-refractivity contribution >= 4 is 29.5 Å². The highest BCUT2D eigenvalue weighted by molar-refractivity contribution is 8.14. The maximum atomic E-state index is 11.4. The second kappa shape index (κ2) is 13.3. The van der Waals surface area contributed by atoms with Gasteiger partial charge in [-0.1, -0.05) is 45.9 Å². The van der Waals surface area contributed by atoms with Crippen LogP contribution >= 0.6 is 11.8 Å². The van der Waals surface area contributed by atoms with E-state index in [1.165, 1.54) is 31.1 Å². The van der Waals surface area contributed by atoms with Gasteiger partial charge in [-0.2, -0.15) is 0 Å². The standard InChI is InChI=1S/C17H18N2O4S.C7H17N/c1-10-3-4-16(19-12(7-20)17(10)18-8-21)24-15-6-14-13(5-11(15)2)22-9-23-14;1-4-5-6-8-7(2)3/h5-8,10H,3-4,9H2,1-2H3,(H,18,21);7-8H,4-6H2,1-3H3. The molecule has 1 aromatic rings. The molecule has 3 rings (SSSR count). The van der Waals surface area contributed by atoms with Gasteiger partial charge in [0.25, 0.3) is 0 Å². The zero-order valence-corrected chi connectivity index (χ0v) is 20.5. The van der Waals surface area contributed by atoms with Crippen LogP contribution in [0, 0.1) is 12.8 Å². The smallest absolute Gasteiger partial charge is 0.231 e. The molecule has 0 fully saturated rings. The van der Waals surface area contributed by atoms with Crippen molar-refractivity contribution in [1.82, 2.24) is 10.6 Å². The first-order valence-corrected chi connectivity index (χ1v) is 12.0. The Morgan fingerprint density at radius 3 is 2.59 bits per heavy atom. The molecule has 7 nitrogen and oxygen atoms in total. The van der Waals surface area contributed by atoms with Crippen molar-refractivity contribution in [2.24, 2.45) is 10.9 Å². The first-order chi connectivity index (χ1) is 15.4. The van der Waals surface area contributed by atoms with E-state index in [-0.39, 0.29) is 18.4 Å². The number of carbonyl (C=O) groups is 2. The Morgan fingerprint density at radius 1 is 1.25 bits per heavy atom. The van der Waals surface area contributed by atoms with Gasteiger partial charge < -0.3 is 20.1 Å². The monoisotopic (exact) mass is 461 g/mol. The van der Waals surface area contributed by atoms with E-state index in [4.69, 9.17) is 9.47 Å². The average Bonchev–Trinajstić information content (AvgIpc) is 3.15. The maximum absolute atomic E-state index is 11.4. The SMILES string of the molecule is CCCCNC(C)C.Cc1cc2c(cc1SC1=NC(C=O)=C(NC=O)C(C)CC1)OCO2. The van der Waals surface area contributed by atoms with Crippen molar-refractivity contribution in [1.29, 1.82) is 0 Å². The Hall–Kier alpha value is -2.32. The van der Waals surface area contributed by atoms with Crippen LogP contribution < -0.4 is 20.1 Å². The number of unbranched alkanes of at least 4 members (excludes halogenated alkanes) is 1. The van der Waals surface area contributed by atoms with E-state index in [0.29, 0.717) is 24.4 Å². The van der Waals surface area contributed by atoms with Gasteiger partial charge in [-0.25, -0.2) is 4.99 Å². The van der Waals surface area contributed by atoms with Gasteiger partial charge in [-0.05, 0) is 56.3 Å². The van der Waals surface area contributed by atoms with Crippen LogP contribution in [0.2, 0.25) is 0 Å². The topological polar surface area (TPSA) is 89.0 Å². The number of aryl methyl sites for hydroxylation is 1. The Morgan fingerprint density at radius 2 is 1.97 bits per heavy atom. The van der Waals surface area contributed by atoms with Crippen molar-refractivity contribution in [2.45, 2.75) is 71.2 Å². The van der Waals surface area contributed by atoms with Crippen LogP contribution in [0.15, 0.2) is 33.4 Å². The lowest BCUT2D eigenvalue weighted by molar-refractivity contribution is -0.109. The van der Waals surface area contributed by atoms with Gasteiger partial charge in [0.2, 0.25) is 13.2 Å². The summed E-state index contributed by atoms with van der Waals surface area (Å²) in [5.41, 5.74) is 1.93. The predicted molar refractivity (Wildman–Crippen MR) is 129 cm³/mol. The van der Waals surface area contributed by atoms with Crippen molar-refractivity contribution in [3.8, 4) is 11.5 Å². The number of allylic oxidation sites excluding steroid dienone is 2. The van der Waals surface area contributed by atoms with Gasteiger partial charge in [0, 0.05) is 16.6 Å². The lowest BCUT2D eigenvalue weighted by atomic mass is 10.0. The van der Waals surface area contributed by atoms with E-state index in [1.807, 2.05) is 26.0 Å². The number of thioether (sulfide) groups is 1. The minimum Gasteiger partial charge on any atom is -0.454 e. The molecule has 0 spiro atoms. The van der Waals surface area contributed by atoms with Gasteiger partial charge in [0.1, 0.15) is 5.70 Å². The summed E-state index contributed by atoms with van der Waals surface area (Å²) >= 11 is 1.52. The summed E-state index contributed by atoms with van der Waals surface area (Å²) in [6.45, 7) is 12.0. The fraction of sp³-hybridized carbons (Fsp3) is 0.542. The molecule has 0 saturated carbocycles. The molecular formula is C24H35N3O4S. The number of nitrogens with zero attached hydrogens (tertiary/aromatic N) is 1.